The maximum atomic E-state index is 14.1. The molecule has 2 aliphatic rings. The molecule has 3 aromatic rings. The van der Waals surface area contributed by atoms with Gasteiger partial charge in [0.2, 0.25) is 10.8 Å². The number of carbonyl (C=O) groups excluding carboxylic acids is 2. The van der Waals surface area contributed by atoms with Crippen LogP contribution in [0.5, 0.6) is 0 Å². The van der Waals surface area contributed by atoms with Crippen molar-refractivity contribution >= 4 is 35.0 Å². The van der Waals surface area contributed by atoms with Gasteiger partial charge in [-0.05, 0) is 35.9 Å². The fraction of sp³-hybridized carbons (Fsp3) is 0.167. The van der Waals surface area contributed by atoms with Crippen molar-refractivity contribution in [1.82, 2.24) is 0 Å². The second-order valence-electron chi connectivity index (χ2n) is 7.60. The maximum Gasteiger partial charge on any atom is 0.269 e. The number of halogens is 3. The average Bonchev–Trinajstić information content (AvgIpc) is 3.01. The van der Waals surface area contributed by atoms with Crippen molar-refractivity contribution in [2.75, 3.05) is 15.6 Å². The molecule has 1 unspecified atom stereocenters. The molecule has 0 radical (unpaired) electrons. The van der Waals surface area contributed by atoms with Crippen LogP contribution in [-0.4, -0.2) is 17.6 Å². The first-order valence-corrected chi connectivity index (χ1v) is 11.0. The number of fused-ring (bicyclic) bond motifs is 2. The highest BCUT2D eigenvalue weighted by atomic mass is 32.2. The SMILES string of the molecule is O=C1CCSC2(C(=O)N(Cc3ccc(F)cc3)c3ccccc32)N1c1ccc(F)c(F)c1. The minimum atomic E-state index is -1.43. The van der Waals surface area contributed by atoms with Crippen molar-refractivity contribution in [3.63, 3.8) is 0 Å². The molecule has 1 atom stereocenters. The Labute approximate surface area is 186 Å². The van der Waals surface area contributed by atoms with Crippen LogP contribution >= 0.6 is 11.8 Å². The zero-order chi connectivity index (χ0) is 22.5. The van der Waals surface area contributed by atoms with Crippen molar-refractivity contribution in [3.8, 4) is 0 Å². The molecule has 8 heteroatoms. The molecule has 0 saturated carbocycles. The second kappa shape index (κ2) is 7.70. The molecule has 1 saturated heterocycles. The summed E-state index contributed by atoms with van der Waals surface area (Å²) < 4.78 is 41.0. The molecule has 2 amide bonds. The van der Waals surface area contributed by atoms with E-state index in [0.29, 0.717) is 17.0 Å². The van der Waals surface area contributed by atoms with Gasteiger partial charge in [0.05, 0.1) is 12.2 Å². The third-order valence-corrected chi connectivity index (χ3v) is 7.10. The van der Waals surface area contributed by atoms with Gasteiger partial charge in [0.15, 0.2) is 11.6 Å². The number of hydrogen-bond donors (Lipinski definition) is 0. The van der Waals surface area contributed by atoms with Gasteiger partial charge in [-0.25, -0.2) is 13.2 Å². The van der Waals surface area contributed by atoms with Crippen LogP contribution in [-0.2, 0) is 21.0 Å². The summed E-state index contributed by atoms with van der Waals surface area (Å²) in [6.07, 6.45) is 0.165. The van der Waals surface area contributed by atoms with Gasteiger partial charge in [-0.15, -0.1) is 11.8 Å². The number of anilines is 2. The van der Waals surface area contributed by atoms with Crippen molar-refractivity contribution in [2.24, 2.45) is 0 Å². The summed E-state index contributed by atoms with van der Waals surface area (Å²) in [6, 6.07) is 16.2. The van der Waals surface area contributed by atoms with E-state index in [1.165, 1.54) is 34.9 Å². The number of amides is 2. The van der Waals surface area contributed by atoms with Gasteiger partial charge >= 0.3 is 0 Å². The number of benzene rings is 3. The molecule has 1 fully saturated rings. The van der Waals surface area contributed by atoms with Crippen LogP contribution in [0.2, 0.25) is 0 Å². The molecule has 0 bridgehead atoms. The minimum absolute atomic E-state index is 0.118. The Kier molecular flexibility index (Phi) is 4.97. The summed E-state index contributed by atoms with van der Waals surface area (Å²) in [5.41, 5.74) is 2.07. The number of carbonyl (C=O) groups is 2. The minimum Gasteiger partial charge on any atom is -0.304 e. The zero-order valence-electron chi connectivity index (χ0n) is 16.7. The molecule has 0 N–H and O–H groups in total. The third-order valence-electron chi connectivity index (χ3n) is 5.70. The van der Waals surface area contributed by atoms with E-state index in [0.717, 1.165) is 17.7 Å². The Morgan fingerprint density at radius 2 is 1.66 bits per heavy atom. The fourth-order valence-corrected chi connectivity index (χ4v) is 5.75. The summed E-state index contributed by atoms with van der Waals surface area (Å²) in [7, 11) is 0. The third kappa shape index (κ3) is 3.09. The van der Waals surface area contributed by atoms with Gasteiger partial charge < -0.3 is 4.90 Å². The number of thioether (sulfide) groups is 1. The highest BCUT2D eigenvalue weighted by Crippen LogP contribution is 2.55. The van der Waals surface area contributed by atoms with Gasteiger partial charge in [0.1, 0.15) is 5.82 Å². The number of rotatable bonds is 3. The Bertz CT molecular complexity index is 1230. The van der Waals surface area contributed by atoms with Crippen LogP contribution in [0.4, 0.5) is 24.5 Å². The lowest BCUT2D eigenvalue weighted by atomic mass is 10.0. The van der Waals surface area contributed by atoms with Crippen molar-refractivity contribution < 1.29 is 22.8 Å². The summed E-state index contributed by atoms with van der Waals surface area (Å²) >= 11 is 1.30. The average molecular weight is 454 g/mol. The van der Waals surface area contributed by atoms with E-state index in [4.69, 9.17) is 0 Å². The summed E-state index contributed by atoms with van der Waals surface area (Å²) in [5.74, 6) is -2.80. The second-order valence-corrected chi connectivity index (χ2v) is 8.89. The van der Waals surface area contributed by atoms with Crippen molar-refractivity contribution in [1.29, 1.82) is 0 Å². The van der Waals surface area contributed by atoms with E-state index in [2.05, 4.69) is 0 Å². The van der Waals surface area contributed by atoms with Crippen LogP contribution < -0.4 is 9.80 Å². The van der Waals surface area contributed by atoms with Gasteiger partial charge in [-0.2, -0.15) is 0 Å². The Hall–Kier alpha value is -3.26. The molecule has 1 spiro atoms. The van der Waals surface area contributed by atoms with Crippen LogP contribution in [0.15, 0.2) is 66.7 Å². The molecule has 162 valence electrons. The first-order chi connectivity index (χ1) is 15.4. The zero-order valence-corrected chi connectivity index (χ0v) is 17.5. The molecule has 0 aliphatic carbocycles. The van der Waals surface area contributed by atoms with Crippen molar-refractivity contribution in [3.05, 3.63) is 95.3 Å². The predicted molar refractivity (Wildman–Crippen MR) is 117 cm³/mol. The van der Waals surface area contributed by atoms with Gasteiger partial charge in [0, 0.05) is 29.5 Å². The standard InChI is InChI=1S/C24H17F3N2O2S/c25-16-7-5-15(6-8-16)14-28-21-4-2-1-3-18(21)24(23(28)31)29(22(30)11-12-32-24)17-9-10-19(26)20(27)13-17/h1-10,13H,11-12,14H2. The summed E-state index contributed by atoms with van der Waals surface area (Å²) in [5, 5.41) is 0. The normalized spacial score (nSPS) is 20.2. The lowest BCUT2D eigenvalue weighted by molar-refractivity contribution is -0.125. The van der Waals surface area contributed by atoms with E-state index in [9.17, 15) is 22.8 Å². The Balaban J connectivity index is 1.65. The molecule has 3 aromatic carbocycles. The van der Waals surface area contributed by atoms with Crippen molar-refractivity contribution in [2.45, 2.75) is 17.8 Å². The van der Waals surface area contributed by atoms with E-state index < -0.39 is 16.5 Å². The van der Waals surface area contributed by atoms with E-state index in [1.807, 2.05) is 0 Å². The molecular formula is C24H17F3N2O2S. The molecular weight excluding hydrogens is 437 g/mol. The van der Waals surface area contributed by atoms with Crippen LogP contribution in [0.1, 0.15) is 17.5 Å². The monoisotopic (exact) mass is 454 g/mol. The smallest absolute Gasteiger partial charge is 0.269 e. The molecule has 4 nitrogen and oxygen atoms in total. The van der Waals surface area contributed by atoms with Crippen LogP contribution in [0.3, 0.4) is 0 Å². The number of para-hydroxylation sites is 1. The van der Waals surface area contributed by atoms with E-state index in [1.54, 1.807) is 41.3 Å². The fourth-order valence-electron chi connectivity index (χ4n) is 4.28. The van der Waals surface area contributed by atoms with E-state index >= 15 is 0 Å². The first kappa shape index (κ1) is 20.6. The predicted octanol–water partition coefficient (Wildman–Crippen LogP) is 4.97. The largest absolute Gasteiger partial charge is 0.304 e. The topological polar surface area (TPSA) is 40.6 Å². The van der Waals surface area contributed by atoms with Crippen LogP contribution in [0, 0.1) is 17.5 Å². The van der Waals surface area contributed by atoms with Crippen LogP contribution in [0.25, 0.3) is 0 Å². The maximum absolute atomic E-state index is 14.1. The molecule has 2 heterocycles. The summed E-state index contributed by atoms with van der Waals surface area (Å²) in [6.45, 7) is 0.179. The Morgan fingerprint density at radius 1 is 0.906 bits per heavy atom. The quantitative estimate of drug-likeness (QED) is 0.561. The number of nitrogens with zero attached hydrogens (tertiary/aromatic N) is 2. The molecule has 2 aliphatic heterocycles. The first-order valence-electron chi connectivity index (χ1n) is 10.00. The highest BCUT2D eigenvalue weighted by Gasteiger charge is 2.59. The molecule has 32 heavy (non-hydrogen) atoms. The van der Waals surface area contributed by atoms with Gasteiger partial charge in [-0.1, -0.05) is 30.3 Å². The highest BCUT2D eigenvalue weighted by molar-refractivity contribution is 8.01. The Morgan fingerprint density at radius 3 is 2.41 bits per heavy atom. The number of hydrogen-bond acceptors (Lipinski definition) is 3. The lowest BCUT2D eigenvalue weighted by Crippen LogP contribution is -2.56. The molecule has 5 rings (SSSR count). The lowest BCUT2D eigenvalue weighted by Gasteiger charge is -2.42. The molecule has 0 aromatic heterocycles. The summed E-state index contributed by atoms with van der Waals surface area (Å²) in [4.78, 5) is 28.5. The van der Waals surface area contributed by atoms with Gasteiger partial charge in [0.25, 0.3) is 5.91 Å². The van der Waals surface area contributed by atoms with Gasteiger partial charge in [-0.3, -0.25) is 14.5 Å². The van der Waals surface area contributed by atoms with E-state index in [-0.39, 0.29) is 36.3 Å².